The first-order valence-electron chi connectivity index (χ1n) is 8.62. The Bertz CT molecular complexity index is 764. The van der Waals surface area contributed by atoms with Gasteiger partial charge in [-0.15, -0.1) is 0 Å². The summed E-state index contributed by atoms with van der Waals surface area (Å²) in [6, 6.07) is 14.1. The van der Waals surface area contributed by atoms with Crippen molar-refractivity contribution in [3.63, 3.8) is 0 Å². The number of amides is 2. The lowest BCUT2D eigenvalue weighted by molar-refractivity contribution is -0.145. The van der Waals surface area contributed by atoms with E-state index < -0.39 is 5.97 Å². The fourth-order valence-electron chi connectivity index (χ4n) is 2.39. The number of nitrogens with one attached hydrogen (secondary N) is 2. The first kappa shape index (κ1) is 20.1. The Labute approximate surface area is 158 Å². The van der Waals surface area contributed by atoms with Crippen LogP contribution in [0.25, 0.3) is 0 Å². The molecular weight excluding hydrogens is 348 g/mol. The van der Waals surface area contributed by atoms with E-state index in [9.17, 15) is 9.59 Å². The number of esters is 1. The molecule has 0 aliphatic heterocycles. The summed E-state index contributed by atoms with van der Waals surface area (Å²) in [4.78, 5) is 23.6. The van der Waals surface area contributed by atoms with Gasteiger partial charge in [-0.1, -0.05) is 30.3 Å². The molecule has 0 spiro atoms. The van der Waals surface area contributed by atoms with Crippen molar-refractivity contribution in [3.05, 3.63) is 54.1 Å². The van der Waals surface area contributed by atoms with E-state index in [-0.39, 0.29) is 18.7 Å². The molecule has 0 aliphatic rings. The summed E-state index contributed by atoms with van der Waals surface area (Å²) in [6.07, 6.45) is 0. The van der Waals surface area contributed by atoms with E-state index in [4.69, 9.17) is 14.2 Å². The molecule has 0 saturated carbocycles. The maximum Gasteiger partial charge on any atom is 0.344 e. The van der Waals surface area contributed by atoms with Gasteiger partial charge in [0.15, 0.2) is 18.1 Å². The molecule has 0 aromatic heterocycles. The molecule has 2 aromatic carbocycles. The quantitative estimate of drug-likeness (QED) is 0.693. The Kier molecular flexibility index (Phi) is 7.49. The molecule has 2 amide bonds. The molecule has 27 heavy (non-hydrogen) atoms. The second-order valence-corrected chi connectivity index (χ2v) is 5.69. The zero-order chi connectivity index (χ0) is 19.6. The van der Waals surface area contributed by atoms with Crippen molar-refractivity contribution in [3.8, 4) is 11.5 Å². The molecule has 1 atom stereocenters. The maximum absolute atomic E-state index is 12.2. The van der Waals surface area contributed by atoms with E-state index in [2.05, 4.69) is 10.6 Å². The highest BCUT2D eigenvalue weighted by molar-refractivity contribution is 5.90. The number of methoxy groups -OCH3 is 1. The number of hydrogen-bond donors (Lipinski definition) is 2. The van der Waals surface area contributed by atoms with Gasteiger partial charge < -0.3 is 24.8 Å². The van der Waals surface area contributed by atoms with Gasteiger partial charge in [0.1, 0.15) is 0 Å². The molecular formula is C20H24N2O5. The van der Waals surface area contributed by atoms with Crippen LogP contribution < -0.4 is 20.1 Å². The smallest absolute Gasteiger partial charge is 0.344 e. The van der Waals surface area contributed by atoms with E-state index >= 15 is 0 Å². The Morgan fingerprint density at radius 3 is 2.48 bits per heavy atom. The second-order valence-electron chi connectivity index (χ2n) is 5.69. The first-order chi connectivity index (χ1) is 13.0. The number of carbonyl (C=O) groups excluding carboxylic acids is 2. The van der Waals surface area contributed by atoms with Crippen LogP contribution in [0.5, 0.6) is 11.5 Å². The lowest BCUT2D eigenvalue weighted by Crippen LogP contribution is -2.31. The molecule has 0 unspecified atom stereocenters. The SMILES string of the molecule is CCOC(=O)COc1ccc(NC(=O)N[C@@H](C)c2ccccc2)cc1OC. The minimum Gasteiger partial charge on any atom is -0.493 e. The molecule has 7 heteroatoms. The van der Waals surface area contributed by atoms with Gasteiger partial charge in [-0.3, -0.25) is 0 Å². The van der Waals surface area contributed by atoms with E-state index in [1.807, 2.05) is 37.3 Å². The number of rotatable bonds is 8. The summed E-state index contributed by atoms with van der Waals surface area (Å²) >= 11 is 0. The highest BCUT2D eigenvalue weighted by Crippen LogP contribution is 2.30. The van der Waals surface area contributed by atoms with Crippen molar-refractivity contribution < 1.29 is 23.8 Å². The number of carbonyl (C=O) groups is 2. The summed E-state index contributed by atoms with van der Waals surface area (Å²) in [7, 11) is 1.48. The summed E-state index contributed by atoms with van der Waals surface area (Å²) in [5.41, 5.74) is 1.54. The van der Waals surface area contributed by atoms with Gasteiger partial charge in [0.05, 0.1) is 19.8 Å². The topological polar surface area (TPSA) is 85.9 Å². The molecule has 0 aliphatic carbocycles. The van der Waals surface area contributed by atoms with E-state index in [0.717, 1.165) is 5.56 Å². The van der Waals surface area contributed by atoms with Crippen LogP contribution in [0.2, 0.25) is 0 Å². The van der Waals surface area contributed by atoms with Crippen LogP contribution in [0, 0.1) is 0 Å². The monoisotopic (exact) mass is 372 g/mol. The molecule has 0 radical (unpaired) electrons. The Hall–Kier alpha value is -3.22. The average molecular weight is 372 g/mol. The summed E-state index contributed by atoms with van der Waals surface area (Å²) in [5.74, 6) is 0.318. The van der Waals surface area contributed by atoms with Crippen LogP contribution in [0.3, 0.4) is 0 Å². The third-order valence-corrected chi connectivity index (χ3v) is 3.72. The van der Waals surface area contributed by atoms with Crippen molar-refractivity contribution in [1.82, 2.24) is 5.32 Å². The summed E-state index contributed by atoms with van der Waals surface area (Å²) in [6.45, 7) is 3.70. The molecule has 2 aromatic rings. The molecule has 0 saturated heterocycles. The number of anilines is 1. The van der Waals surface area contributed by atoms with Crippen molar-refractivity contribution in [2.75, 3.05) is 25.6 Å². The highest BCUT2D eigenvalue weighted by atomic mass is 16.6. The van der Waals surface area contributed by atoms with Gasteiger partial charge in [-0.25, -0.2) is 9.59 Å². The third-order valence-electron chi connectivity index (χ3n) is 3.72. The third kappa shape index (κ3) is 6.22. The van der Waals surface area contributed by atoms with Crippen LogP contribution in [0.15, 0.2) is 48.5 Å². The lowest BCUT2D eigenvalue weighted by Gasteiger charge is -2.16. The number of urea groups is 1. The van der Waals surface area contributed by atoms with Gasteiger partial charge in [-0.05, 0) is 31.5 Å². The van der Waals surface area contributed by atoms with Crippen LogP contribution >= 0.6 is 0 Å². The van der Waals surface area contributed by atoms with Crippen molar-refractivity contribution in [2.45, 2.75) is 19.9 Å². The summed E-state index contributed by atoms with van der Waals surface area (Å²) < 4.78 is 15.5. The maximum atomic E-state index is 12.2. The van der Waals surface area contributed by atoms with Crippen molar-refractivity contribution >= 4 is 17.7 Å². The average Bonchev–Trinajstić information content (AvgIpc) is 2.67. The van der Waals surface area contributed by atoms with E-state index in [1.165, 1.54) is 7.11 Å². The predicted molar refractivity (Wildman–Crippen MR) is 102 cm³/mol. The molecule has 7 nitrogen and oxygen atoms in total. The Morgan fingerprint density at radius 1 is 1.07 bits per heavy atom. The van der Waals surface area contributed by atoms with Crippen LogP contribution in [0.1, 0.15) is 25.5 Å². The molecule has 2 rings (SSSR count). The fourth-order valence-corrected chi connectivity index (χ4v) is 2.39. The Morgan fingerprint density at radius 2 is 1.81 bits per heavy atom. The standard InChI is InChI=1S/C20H24N2O5/c1-4-26-19(23)13-27-17-11-10-16(12-18(17)25-3)22-20(24)21-14(2)15-8-6-5-7-9-15/h5-12,14H,4,13H2,1-3H3,(H2,21,22,24)/t14-/m0/s1. The predicted octanol–water partition coefficient (Wildman–Crippen LogP) is 3.52. The number of benzene rings is 2. The zero-order valence-corrected chi connectivity index (χ0v) is 15.7. The molecule has 0 bridgehead atoms. The Balaban J connectivity index is 1.96. The molecule has 0 heterocycles. The van der Waals surface area contributed by atoms with Gasteiger partial charge in [-0.2, -0.15) is 0 Å². The number of ether oxygens (including phenoxy) is 3. The highest BCUT2D eigenvalue weighted by Gasteiger charge is 2.12. The second kappa shape index (κ2) is 10.1. The van der Waals surface area contributed by atoms with Gasteiger partial charge in [0.25, 0.3) is 0 Å². The van der Waals surface area contributed by atoms with Gasteiger partial charge in [0, 0.05) is 11.8 Å². The fraction of sp³-hybridized carbons (Fsp3) is 0.300. The first-order valence-corrected chi connectivity index (χ1v) is 8.62. The summed E-state index contributed by atoms with van der Waals surface area (Å²) in [5, 5.41) is 5.62. The minimum absolute atomic E-state index is 0.139. The van der Waals surface area contributed by atoms with Gasteiger partial charge in [0.2, 0.25) is 0 Å². The number of hydrogen-bond acceptors (Lipinski definition) is 5. The van der Waals surface area contributed by atoms with Crippen molar-refractivity contribution in [2.24, 2.45) is 0 Å². The van der Waals surface area contributed by atoms with Crippen molar-refractivity contribution in [1.29, 1.82) is 0 Å². The van der Waals surface area contributed by atoms with Crippen LogP contribution in [-0.2, 0) is 9.53 Å². The molecule has 144 valence electrons. The molecule has 0 fully saturated rings. The van der Waals surface area contributed by atoms with E-state index in [1.54, 1.807) is 25.1 Å². The lowest BCUT2D eigenvalue weighted by atomic mass is 10.1. The van der Waals surface area contributed by atoms with Crippen LogP contribution in [0.4, 0.5) is 10.5 Å². The van der Waals surface area contributed by atoms with Crippen LogP contribution in [-0.4, -0.2) is 32.3 Å². The molecule has 2 N–H and O–H groups in total. The van der Waals surface area contributed by atoms with Gasteiger partial charge >= 0.3 is 12.0 Å². The van der Waals surface area contributed by atoms with E-state index in [0.29, 0.717) is 23.8 Å². The zero-order valence-electron chi connectivity index (χ0n) is 15.7. The minimum atomic E-state index is -0.462. The normalized spacial score (nSPS) is 11.2. The largest absolute Gasteiger partial charge is 0.493 e.